The van der Waals surface area contributed by atoms with Crippen molar-refractivity contribution >= 4 is 13.6 Å². The summed E-state index contributed by atoms with van der Waals surface area (Å²) < 4.78 is 44.7. The fourth-order valence-corrected chi connectivity index (χ4v) is 2.18. The number of aromatic nitrogens is 2. The molecule has 1 aliphatic rings. The van der Waals surface area contributed by atoms with Crippen molar-refractivity contribution in [1.29, 1.82) is 0 Å². The van der Waals surface area contributed by atoms with E-state index in [-0.39, 0.29) is 6.04 Å². The van der Waals surface area contributed by atoms with E-state index in [9.17, 15) is 12.6 Å². The summed E-state index contributed by atoms with van der Waals surface area (Å²) in [5.74, 6) is 0.434. The summed E-state index contributed by atoms with van der Waals surface area (Å²) in [5, 5.41) is 3.68. The van der Waals surface area contributed by atoms with Gasteiger partial charge in [-0.1, -0.05) is 0 Å². The molecule has 0 saturated heterocycles. The van der Waals surface area contributed by atoms with Crippen molar-refractivity contribution in [3.63, 3.8) is 0 Å². The van der Waals surface area contributed by atoms with E-state index in [1.165, 1.54) is 10.9 Å². The Labute approximate surface area is 95.9 Å². The highest BCUT2D eigenvalue weighted by molar-refractivity contribution is 7.68. The van der Waals surface area contributed by atoms with Crippen LogP contribution in [-0.2, 0) is 0 Å². The molecule has 2 aromatic heterocycles. The first-order valence-corrected chi connectivity index (χ1v) is 6.64. The third-order valence-electron chi connectivity index (χ3n) is 2.65. The molecule has 90 valence electrons. The summed E-state index contributed by atoms with van der Waals surface area (Å²) in [5.41, 5.74) is -0.333. The number of furan rings is 1. The first-order chi connectivity index (χ1) is 8.05. The molecular weight excluding hydrogens is 252 g/mol. The van der Waals surface area contributed by atoms with E-state index in [4.69, 9.17) is 4.42 Å². The lowest BCUT2D eigenvalue weighted by atomic mass is 10.3. The zero-order chi connectivity index (χ0) is 12.0. The fourth-order valence-electron chi connectivity index (χ4n) is 1.71. The molecule has 0 amide bonds. The lowest BCUT2D eigenvalue weighted by Gasteiger charge is -2.01. The molecule has 0 aliphatic heterocycles. The first kappa shape index (κ1) is 10.8. The van der Waals surface area contributed by atoms with E-state index < -0.39 is 13.6 Å². The van der Waals surface area contributed by atoms with Gasteiger partial charge in [0, 0.05) is 18.7 Å². The molecule has 2 heterocycles. The molecule has 3 nitrogen and oxygen atoms in total. The van der Waals surface area contributed by atoms with Crippen LogP contribution in [0.4, 0.5) is 12.6 Å². The van der Waals surface area contributed by atoms with Gasteiger partial charge in [-0.05, 0) is 25.0 Å². The summed E-state index contributed by atoms with van der Waals surface area (Å²) in [7, 11) is -5.56. The molecule has 0 bridgehead atoms. The molecule has 0 N–H and O–H groups in total. The summed E-state index contributed by atoms with van der Waals surface area (Å²) in [6.07, 6.45) is 3.21. The van der Waals surface area contributed by atoms with Gasteiger partial charge in [-0.15, -0.1) is 5.10 Å². The molecule has 2 aromatic rings. The predicted molar refractivity (Wildman–Crippen MR) is 58.1 cm³/mol. The number of hydrogen-bond donors (Lipinski definition) is 0. The van der Waals surface area contributed by atoms with Gasteiger partial charge in [0.15, 0.2) is 5.76 Å². The highest BCUT2D eigenvalue weighted by Gasteiger charge is 2.51. The van der Waals surface area contributed by atoms with E-state index in [1.54, 1.807) is 12.1 Å². The molecule has 0 atom stereocenters. The number of rotatable bonds is 3. The quantitative estimate of drug-likeness (QED) is 0.787. The maximum absolute atomic E-state index is 12.7. The Morgan fingerprint density at radius 3 is 2.65 bits per heavy atom. The van der Waals surface area contributed by atoms with Crippen molar-refractivity contribution in [2.45, 2.75) is 18.9 Å². The van der Waals surface area contributed by atoms with Gasteiger partial charge in [0.25, 0.3) is 0 Å². The molecule has 7 heteroatoms. The second kappa shape index (κ2) is 3.60. The van der Waals surface area contributed by atoms with Gasteiger partial charge in [-0.25, -0.2) is 0 Å². The molecule has 1 saturated carbocycles. The van der Waals surface area contributed by atoms with Crippen LogP contribution < -0.4 is 5.44 Å². The van der Waals surface area contributed by atoms with E-state index in [0.717, 1.165) is 18.9 Å². The Hall–Kier alpha value is -1.29. The Balaban J connectivity index is 2.10. The van der Waals surface area contributed by atoms with Gasteiger partial charge < -0.3 is 4.42 Å². The average molecular weight is 261 g/mol. The lowest BCUT2D eigenvalue weighted by molar-refractivity contribution is 0.561. The predicted octanol–water partition coefficient (Wildman–Crippen LogP) is 3.77. The normalized spacial score (nSPS) is 16.4. The Bertz CT molecular complexity index is 528. The monoisotopic (exact) mass is 261 g/mol. The largest absolute Gasteiger partial charge is 0.621 e. The average Bonchev–Trinajstić information content (AvgIpc) is 2.82. The molecule has 1 fully saturated rings. The molecular formula is C10H9F3N2OP+. The second-order valence-electron chi connectivity index (χ2n) is 3.99. The summed E-state index contributed by atoms with van der Waals surface area (Å²) in [6, 6.07) is 4.48. The van der Waals surface area contributed by atoms with Crippen LogP contribution in [0.3, 0.4) is 0 Å². The zero-order valence-corrected chi connectivity index (χ0v) is 9.58. The van der Waals surface area contributed by atoms with Gasteiger partial charge in [0.2, 0.25) is 0 Å². The van der Waals surface area contributed by atoms with Crippen LogP contribution in [-0.4, -0.2) is 9.78 Å². The lowest BCUT2D eigenvalue weighted by Crippen LogP contribution is -2.06. The van der Waals surface area contributed by atoms with Gasteiger partial charge in [0.05, 0.1) is 12.3 Å². The minimum absolute atomic E-state index is 0.0930. The summed E-state index contributed by atoms with van der Waals surface area (Å²) in [6.45, 7) is 0. The minimum Gasteiger partial charge on any atom is -0.463 e. The van der Waals surface area contributed by atoms with Crippen LogP contribution in [0.15, 0.2) is 28.9 Å². The Morgan fingerprint density at radius 2 is 2.12 bits per heavy atom. The van der Waals surface area contributed by atoms with Crippen LogP contribution in [0.2, 0.25) is 0 Å². The maximum Gasteiger partial charge on any atom is 0.621 e. The second-order valence-corrected chi connectivity index (χ2v) is 5.33. The maximum atomic E-state index is 12.7. The van der Waals surface area contributed by atoms with E-state index in [0.29, 0.717) is 11.5 Å². The third kappa shape index (κ3) is 1.97. The molecule has 0 radical (unpaired) electrons. The highest BCUT2D eigenvalue weighted by Crippen LogP contribution is 2.63. The van der Waals surface area contributed by atoms with Crippen molar-refractivity contribution in [1.82, 2.24) is 9.78 Å². The highest BCUT2D eigenvalue weighted by atomic mass is 31.3. The summed E-state index contributed by atoms with van der Waals surface area (Å²) in [4.78, 5) is 0. The van der Waals surface area contributed by atoms with E-state index in [2.05, 4.69) is 5.10 Å². The van der Waals surface area contributed by atoms with Crippen molar-refractivity contribution in [3.8, 4) is 11.5 Å². The standard InChI is InChI=1S/C10H9F3N2OP/c11-17(12,13)10-6-8(9-2-1-5-16-9)15(14-10)7-3-4-7/h1-2,5-7H,3-4H2/q+1. The minimum atomic E-state index is -5.56. The number of hydrogen-bond acceptors (Lipinski definition) is 2. The molecule has 1 aliphatic carbocycles. The fraction of sp³-hybridized carbons (Fsp3) is 0.300. The Kier molecular flexibility index (Phi) is 2.30. The van der Waals surface area contributed by atoms with Crippen molar-refractivity contribution in [2.75, 3.05) is 0 Å². The zero-order valence-electron chi connectivity index (χ0n) is 8.68. The van der Waals surface area contributed by atoms with Gasteiger partial charge >= 0.3 is 13.6 Å². The van der Waals surface area contributed by atoms with Crippen LogP contribution in [0.1, 0.15) is 18.9 Å². The van der Waals surface area contributed by atoms with Crippen LogP contribution in [0, 0.1) is 0 Å². The van der Waals surface area contributed by atoms with Crippen LogP contribution in [0.25, 0.3) is 11.5 Å². The Morgan fingerprint density at radius 1 is 1.35 bits per heavy atom. The first-order valence-electron chi connectivity index (χ1n) is 5.18. The molecule has 3 rings (SSSR count). The van der Waals surface area contributed by atoms with Gasteiger partial charge in [-0.2, -0.15) is 0 Å². The van der Waals surface area contributed by atoms with E-state index >= 15 is 0 Å². The van der Waals surface area contributed by atoms with Crippen LogP contribution >= 0.6 is 8.19 Å². The van der Waals surface area contributed by atoms with E-state index in [1.807, 2.05) is 0 Å². The molecule has 0 unspecified atom stereocenters. The molecule has 0 spiro atoms. The molecule has 17 heavy (non-hydrogen) atoms. The topological polar surface area (TPSA) is 31.0 Å². The van der Waals surface area contributed by atoms with Gasteiger partial charge in [-0.3, -0.25) is 4.68 Å². The van der Waals surface area contributed by atoms with Crippen LogP contribution in [0.5, 0.6) is 0 Å². The smallest absolute Gasteiger partial charge is 0.463 e. The number of halogens is 3. The van der Waals surface area contributed by atoms with Crippen molar-refractivity contribution in [2.24, 2.45) is 0 Å². The summed E-state index contributed by atoms with van der Waals surface area (Å²) >= 11 is 0. The van der Waals surface area contributed by atoms with Crippen molar-refractivity contribution in [3.05, 3.63) is 24.5 Å². The van der Waals surface area contributed by atoms with Gasteiger partial charge in [0.1, 0.15) is 5.69 Å². The number of nitrogens with zero attached hydrogens (tertiary/aromatic N) is 2. The third-order valence-corrected chi connectivity index (χ3v) is 3.39. The van der Waals surface area contributed by atoms with Crippen molar-refractivity contribution < 1.29 is 17.0 Å². The molecule has 0 aromatic carbocycles. The SMILES string of the molecule is F[P+](F)(F)c1cc(-c2ccco2)n(C2CC2)n1.